The number of aryl methyl sites for hydroxylation is 2. The van der Waals surface area contributed by atoms with Crippen LogP contribution in [-0.2, 0) is 13.6 Å². The second kappa shape index (κ2) is 5.38. The lowest BCUT2D eigenvalue weighted by atomic mass is 10.1. The topological polar surface area (TPSA) is 55.6 Å². The number of hydrogen-bond acceptors (Lipinski definition) is 4. The Morgan fingerprint density at radius 3 is 2.58 bits per heavy atom. The van der Waals surface area contributed by atoms with Gasteiger partial charge in [-0.1, -0.05) is 13.8 Å². The predicted octanol–water partition coefficient (Wildman–Crippen LogP) is 2.56. The molecule has 0 amide bonds. The first kappa shape index (κ1) is 13.5. The van der Waals surface area contributed by atoms with Crippen molar-refractivity contribution in [2.75, 3.05) is 5.32 Å². The smallest absolute Gasteiger partial charge is 0.129 e. The van der Waals surface area contributed by atoms with E-state index in [1.807, 2.05) is 24.7 Å². The molecule has 2 aromatic rings. The van der Waals surface area contributed by atoms with Crippen LogP contribution in [0.5, 0.6) is 0 Å². The number of rotatable bonds is 4. The maximum absolute atomic E-state index is 4.41. The molecule has 102 valence electrons. The summed E-state index contributed by atoms with van der Waals surface area (Å²) in [6, 6.07) is 2.01. The standard InChI is InChI=1S/C14H21N5/c1-9(2)13-6-14(17-8-16-13)15-7-12-10(3)18-19(5)11(12)4/h6,8-9H,7H2,1-5H3,(H,15,16,17). The van der Waals surface area contributed by atoms with Crippen LogP contribution in [0, 0.1) is 13.8 Å². The quantitative estimate of drug-likeness (QED) is 0.916. The molecule has 0 saturated heterocycles. The number of anilines is 1. The van der Waals surface area contributed by atoms with Gasteiger partial charge in [0.1, 0.15) is 12.1 Å². The fourth-order valence-electron chi connectivity index (χ4n) is 2.04. The summed E-state index contributed by atoms with van der Waals surface area (Å²) in [6.45, 7) is 9.10. The second-order valence-corrected chi connectivity index (χ2v) is 5.11. The molecular weight excluding hydrogens is 238 g/mol. The van der Waals surface area contributed by atoms with Gasteiger partial charge >= 0.3 is 0 Å². The number of nitrogens with zero attached hydrogens (tertiary/aromatic N) is 4. The van der Waals surface area contributed by atoms with Crippen molar-refractivity contribution in [2.45, 2.75) is 40.2 Å². The van der Waals surface area contributed by atoms with E-state index in [1.165, 1.54) is 11.3 Å². The Bertz CT molecular complexity index is 571. The molecular formula is C14H21N5. The monoisotopic (exact) mass is 259 g/mol. The SMILES string of the molecule is Cc1nn(C)c(C)c1CNc1cc(C(C)C)ncn1. The van der Waals surface area contributed by atoms with Crippen molar-refractivity contribution in [3.05, 3.63) is 35.0 Å². The van der Waals surface area contributed by atoms with E-state index >= 15 is 0 Å². The predicted molar refractivity (Wildman–Crippen MR) is 76.1 cm³/mol. The van der Waals surface area contributed by atoms with Crippen molar-refractivity contribution in [3.8, 4) is 0 Å². The highest BCUT2D eigenvalue weighted by atomic mass is 15.3. The van der Waals surface area contributed by atoms with Gasteiger partial charge in [0.25, 0.3) is 0 Å². The molecule has 0 unspecified atom stereocenters. The minimum Gasteiger partial charge on any atom is -0.366 e. The largest absolute Gasteiger partial charge is 0.366 e. The van der Waals surface area contributed by atoms with Gasteiger partial charge < -0.3 is 5.32 Å². The molecule has 2 rings (SSSR count). The Hall–Kier alpha value is -1.91. The van der Waals surface area contributed by atoms with Gasteiger partial charge in [-0.3, -0.25) is 4.68 Å². The fraction of sp³-hybridized carbons (Fsp3) is 0.500. The molecule has 5 nitrogen and oxygen atoms in total. The molecule has 0 aliphatic carbocycles. The van der Waals surface area contributed by atoms with E-state index in [0.717, 1.165) is 23.8 Å². The summed E-state index contributed by atoms with van der Waals surface area (Å²) in [5.74, 6) is 1.27. The minimum absolute atomic E-state index is 0.408. The van der Waals surface area contributed by atoms with Gasteiger partial charge in [-0.2, -0.15) is 5.10 Å². The molecule has 0 aliphatic rings. The van der Waals surface area contributed by atoms with Gasteiger partial charge in [0.15, 0.2) is 0 Å². The highest BCUT2D eigenvalue weighted by molar-refractivity contribution is 5.38. The summed E-state index contributed by atoms with van der Waals surface area (Å²) < 4.78 is 1.91. The van der Waals surface area contributed by atoms with E-state index in [4.69, 9.17) is 0 Å². The lowest BCUT2D eigenvalue weighted by Crippen LogP contribution is -2.05. The number of hydrogen-bond donors (Lipinski definition) is 1. The van der Waals surface area contributed by atoms with Gasteiger partial charge in [-0.15, -0.1) is 0 Å². The maximum Gasteiger partial charge on any atom is 0.129 e. The summed E-state index contributed by atoms with van der Waals surface area (Å²) >= 11 is 0. The molecule has 19 heavy (non-hydrogen) atoms. The Labute approximate surface area is 114 Å². The molecule has 0 radical (unpaired) electrons. The first-order chi connectivity index (χ1) is 8.99. The molecule has 1 N–H and O–H groups in total. The lowest BCUT2D eigenvalue weighted by molar-refractivity contribution is 0.730. The van der Waals surface area contributed by atoms with Crippen molar-refractivity contribution >= 4 is 5.82 Å². The van der Waals surface area contributed by atoms with Gasteiger partial charge in [-0.05, 0) is 19.8 Å². The zero-order chi connectivity index (χ0) is 14.0. The van der Waals surface area contributed by atoms with Crippen LogP contribution in [0.2, 0.25) is 0 Å². The molecule has 5 heteroatoms. The van der Waals surface area contributed by atoms with E-state index in [2.05, 4.69) is 41.2 Å². The minimum atomic E-state index is 0.408. The summed E-state index contributed by atoms with van der Waals surface area (Å²) in [4.78, 5) is 8.52. The molecule has 0 atom stereocenters. The van der Waals surface area contributed by atoms with Crippen LogP contribution in [0.3, 0.4) is 0 Å². The van der Waals surface area contributed by atoms with E-state index in [1.54, 1.807) is 6.33 Å². The second-order valence-electron chi connectivity index (χ2n) is 5.11. The Morgan fingerprint density at radius 1 is 1.26 bits per heavy atom. The van der Waals surface area contributed by atoms with E-state index < -0.39 is 0 Å². The Morgan fingerprint density at radius 2 is 2.00 bits per heavy atom. The average molecular weight is 259 g/mol. The highest BCUT2D eigenvalue weighted by Crippen LogP contribution is 2.16. The molecule has 0 spiro atoms. The number of nitrogens with one attached hydrogen (secondary N) is 1. The summed E-state index contributed by atoms with van der Waals surface area (Å²) in [5.41, 5.74) is 4.53. The van der Waals surface area contributed by atoms with E-state index in [9.17, 15) is 0 Å². The molecule has 0 saturated carbocycles. The molecule has 0 aliphatic heterocycles. The Balaban J connectivity index is 2.12. The lowest BCUT2D eigenvalue weighted by Gasteiger charge is -2.09. The van der Waals surface area contributed by atoms with Crippen molar-refractivity contribution in [2.24, 2.45) is 7.05 Å². The van der Waals surface area contributed by atoms with Crippen molar-refractivity contribution in [1.82, 2.24) is 19.7 Å². The first-order valence-electron chi connectivity index (χ1n) is 6.54. The molecule has 0 bridgehead atoms. The zero-order valence-electron chi connectivity index (χ0n) is 12.2. The fourth-order valence-corrected chi connectivity index (χ4v) is 2.04. The first-order valence-corrected chi connectivity index (χ1v) is 6.54. The van der Waals surface area contributed by atoms with Gasteiger partial charge in [0.2, 0.25) is 0 Å². The normalized spacial score (nSPS) is 11.1. The third-order valence-corrected chi connectivity index (χ3v) is 3.38. The zero-order valence-corrected chi connectivity index (χ0v) is 12.2. The van der Waals surface area contributed by atoms with Crippen LogP contribution in [0.25, 0.3) is 0 Å². The molecule has 2 heterocycles. The number of aromatic nitrogens is 4. The third-order valence-electron chi connectivity index (χ3n) is 3.38. The van der Waals surface area contributed by atoms with Crippen LogP contribution in [0.1, 0.15) is 42.4 Å². The van der Waals surface area contributed by atoms with Crippen LogP contribution in [-0.4, -0.2) is 19.7 Å². The van der Waals surface area contributed by atoms with Gasteiger partial charge in [0.05, 0.1) is 5.69 Å². The van der Waals surface area contributed by atoms with Crippen LogP contribution in [0.4, 0.5) is 5.82 Å². The molecule has 0 fully saturated rings. The van der Waals surface area contributed by atoms with Gasteiger partial charge in [0, 0.05) is 36.6 Å². The highest BCUT2D eigenvalue weighted by Gasteiger charge is 2.09. The van der Waals surface area contributed by atoms with Crippen molar-refractivity contribution in [3.63, 3.8) is 0 Å². The molecule has 0 aromatic carbocycles. The van der Waals surface area contributed by atoms with Crippen molar-refractivity contribution < 1.29 is 0 Å². The van der Waals surface area contributed by atoms with E-state index in [0.29, 0.717) is 5.92 Å². The summed E-state index contributed by atoms with van der Waals surface area (Å²) in [6.07, 6.45) is 1.61. The maximum atomic E-state index is 4.41. The van der Waals surface area contributed by atoms with Crippen LogP contribution >= 0.6 is 0 Å². The van der Waals surface area contributed by atoms with Crippen LogP contribution in [0.15, 0.2) is 12.4 Å². The Kier molecular flexibility index (Phi) is 3.83. The third kappa shape index (κ3) is 2.92. The van der Waals surface area contributed by atoms with Gasteiger partial charge in [-0.25, -0.2) is 9.97 Å². The van der Waals surface area contributed by atoms with Crippen molar-refractivity contribution in [1.29, 1.82) is 0 Å². The summed E-state index contributed by atoms with van der Waals surface area (Å²) in [5, 5.41) is 7.76. The van der Waals surface area contributed by atoms with E-state index in [-0.39, 0.29) is 0 Å². The summed E-state index contributed by atoms with van der Waals surface area (Å²) in [7, 11) is 1.97. The average Bonchev–Trinajstić information content (AvgIpc) is 2.61. The molecule has 2 aromatic heterocycles. The van der Waals surface area contributed by atoms with Crippen LogP contribution < -0.4 is 5.32 Å².